The van der Waals surface area contributed by atoms with Crippen molar-refractivity contribution in [2.45, 2.75) is 32.2 Å². The predicted octanol–water partition coefficient (Wildman–Crippen LogP) is 2.18. The molecule has 2 unspecified atom stereocenters. The van der Waals surface area contributed by atoms with Gasteiger partial charge in [-0.3, -0.25) is 0 Å². The van der Waals surface area contributed by atoms with Crippen molar-refractivity contribution in [2.75, 3.05) is 31.6 Å². The lowest BCUT2D eigenvalue weighted by molar-refractivity contribution is 0.102. The number of hydrogen-bond donors (Lipinski definition) is 0. The largest absolute Gasteiger partial charge is 0.355 e. The summed E-state index contributed by atoms with van der Waals surface area (Å²) in [4.78, 5) is 9.32. The standard InChI is InChI=1S/C16H22N4/c1-12-5-7-18-16(14(12)10-17)20-9-6-15-13(11-20)4-3-8-19(15)2/h5,7,13,15H,3-4,6,8-9,11H2,1-2H3. The number of likely N-dealkylation sites (tertiary alicyclic amines) is 1. The van der Waals surface area contributed by atoms with E-state index in [1.807, 2.05) is 19.2 Å². The van der Waals surface area contributed by atoms with E-state index in [0.717, 1.165) is 42.0 Å². The van der Waals surface area contributed by atoms with Gasteiger partial charge in [-0.2, -0.15) is 5.26 Å². The second kappa shape index (κ2) is 5.41. The summed E-state index contributed by atoms with van der Waals surface area (Å²) in [6.45, 7) is 5.27. The number of nitrogens with zero attached hydrogens (tertiary/aromatic N) is 4. The number of fused-ring (bicyclic) bond motifs is 1. The molecule has 1 aromatic rings. The van der Waals surface area contributed by atoms with Gasteiger partial charge in [0.1, 0.15) is 11.9 Å². The predicted molar refractivity (Wildman–Crippen MR) is 79.7 cm³/mol. The van der Waals surface area contributed by atoms with Crippen molar-refractivity contribution in [1.29, 1.82) is 5.26 Å². The van der Waals surface area contributed by atoms with Crippen molar-refractivity contribution in [3.8, 4) is 6.07 Å². The van der Waals surface area contributed by atoms with Gasteiger partial charge in [-0.1, -0.05) is 0 Å². The van der Waals surface area contributed by atoms with Crippen molar-refractivity contribution in [3.05, 3.63) is 23.4 Å². The van der Waals surface area contributed by atoms with Crippen molar-refractivity contribution in [2.24, 2.45) is 5.92 Å². The van der Waals surface area contributed by atoms with Crippen LogP contribution in [0.1, 0.15) is 30.4 Å². The molecule has 0 N–H and O–H groups in total. The Labute approximate surface area is 121 Å². The van der Waals surface area contributed by atoms with Crippen LogP contribution in [0.2, 0.25) is 0 Å². The van der Waals surface area contributed by atoms with Crippen LogP contribution in [-0.2, 0) is 0 Å². The maximum absolute atomic E-state index is 9.38. The lowest BCUT2D eigenvalue weighted by Crippen LogP contribution is -2.53. The van der Waals surface area contributed by atoms with Gasteiger partial charge in [-0.25, -0.2) is 4.98 Å². The second-order valence-corrected chi connectivity index (χ2v) is 6.12. The maximum atomic E-state index is 9.38. The Hall–Kier alpha value is -1.60. The van der Waals surface area contributed by atoms with E-state index in [4.69, 9.17) is 0 Å². The van der Waals surface area contributed by atoms with Gasteiger partial charge in [-0.05, 0) is 57.3 Å². The van der Waals surface area contributed by atoms with Crippen LogP contribution < -0.4 is 4.90 Å². The van der Waals surface area contributed by atoms with Crippen LogP contribution in [-0.4, -0.2) is 42.6 Å². The molecule has 0 radical (unpaired) electrons. The third-order valence-electron chi connectivity index (χ3n) is 4.90. The Morgan fingerprint density at radius 2 is 2.20 bits per heavy atom. The monoisotopic (exact) mass is 270 g/mol. The molecule has 20 heavy (non-hydrogen) atoms. The molecular formula is C16H22N4. The van der Waals surface area contributed by atoms with E-state index in [0.29, 0.717) is 0 Å². The summed E-state index contributed by atoms with van der Waals surface area (Å²) < 4.78 is 0. The molecule has 0 amide bonds. The van der Waals surface area contributed by atoms with Gasteiger partial charge < -0.3 is 9.80 Å². The van der Waals surface area contributed by atoms with E-state index >= 15 is 0 Å². The highest BCUT2D eigenvalue weighted by Crippen LogP contribution is 2.32. The van der Waals surface area contributed by atoms with Gasteiger partial charge in [0.2, 0.25) is 0 Å². The van der Waals surface area contributed by atoms with Gasteiger partial charge in [0.25, 0.3) is 0 Å². The van der Waals surface area contributed by atoms with Crippen LogP contribution >= 0.6 is 0 Å². The van der Waals surface area contributed by atoms with Crippen molar-refractivity contribution >= 4 is 5.82 Å². The van der Waals surface area contributed by atoms with E-state index in [2.05, 4.69) is 27.9 Å². The van der Waals surface area contributed by atoms with Gasteiger partial charge in [0.05, 0.1) is 5.56 Å². The van der Waals surface area contributed by atoms with Crippen molar-refractivity contribution in [3.63, 3.8) is 0 Å². The average molecular weight is 270 g/mol. The summed E-state index contributed by atoms with van der Waals surface area (Å²) in [5.74, 6) is 1.61. The molecule has 2 fully saturated rings. The van der Waals surface area contributed by atoms with Gasteiger partial charge >= 0.3 is 0 Å². The Bertz CT molecular complexity index is 534. The minimum atomic E-state index is 0.718. The zero-order chi connectivity index (χ0) is 14.1. The van der Waals surface area contributed by atoms with Crippen LogP contribution in [0.4, 0.5) is 5.82 Å². The van der Waals surface area contributed by atoms with Crippen LogP contribution in [0.15, 0.2) is 12.3 Å². The lowest BCUT2D eigenvalue weighted by Gasteiger charge is -2.46. The van der Waals surface area contributed by atoms with Crippen LogP contribution in [0.5, 0.6) is 0 Å². The summed E-state index contributed by atoms with van der Waals surface area (Å²) in [6.07, 6.45) is 5.60. The topological polar surface area (TPSA) is 43.2 Å². The summed E-state index contributed by atoms with van der Waals surface area (Å²) in [7, 11) is 2.25. The Morgan fingerprint density at radius 1 is 1.35 bits per heavy atom. The first-order valence-electron chi connectivity index (χ1n) is 7.51. The van der Waals surface area contributed by atoms with Crippen LogP contribution in [0, 0.1) is 24.2 Å². The highest BCUT2D eigenvalue weighted by Gasteiger charge is 2.35. The zero-order valence-electron chi connectivity index (χ0n) is 12.3. The number of rotatable bonds is 1. The number of anilines is 1. The number of pyridine rings is 1. The molecule has 4 nitrogen and oxygen atoms in total. The molecule has 1 aromatic heterocycles. The molecule has 3 rings (SSSR count). The fraction of sp³-hybridized carbons (Fsp3) is 0.625. The smallest absolute Gasteiger partial charge is 0.146 e. The first kappa shape index (κ1) is 13.4. The van der Waals surface area contributed by atoms with E-state index < -0.39 is 0 Å². The van der Waals surface area contributed by atoms with Gasteiger partial charge in [0.15, 0.2) is 0 Å². The maximum Gasteiger partial charge on any atom is 0.146 e. The Balaban J connectivity index is 1.83. The summed E-state index contributed by atoms with van der Waals surface area (Å²) in [5, 5.41) is 9.38. The molecule has 0 aromatic carbocycles. The fourth-order valence-corrected chi connectivity index (χ4v) is 3.77. The Morgan fingerprint density at radius 3 is 3.00 bits per heavy atom. The minimum absolute atomic E-state index is 0.718. The van der Waals surface area contributed by atoms with Gasteiger partial charge in [-0.15, -0.1) is 0 Å². The molecule has 0 aliphatic carbocycles. The van der Waals surface area contributed by atoms with Gasteiger partial charge in [0, 0.05) is 25.3 Å². The van der Waals surface area contributed by atoms with Crippen molar-refractivity contribution < 1.29 is 0 Å². The molecule has 2 atom stereocenters. The molecule has 4 heteroatoms. The molecular weight excluding hydrogens is 248 g/mol. The Kier molecular flexibility index (Phi) is 3.62. The summed E-state index contributed by atoms with van der Waals surface area (Å²) >= 11 is 0. The SMILES string of the molecule is Cc1ccnc(N2CCC3C(CCCN3C)C2)c1C#N. The van der Waals surface area contributed by atoms with E-state index in [1.165, 1.54) is 25.8 Å². The van der Waals surface area contributed by atoms with E-state index in [-0.39, 0.29) is 0 Å². The number of nitriles is 1. The quantitative estimate of drug-likeness (QED) is 0.784. The molecule has 2 aliphatic heterocycles. The first-order chi connectivity index (χ1) is 9.70. The normalized spacial score (nSPS) is 26.9. The van der Waals surface area contributed by atoms with E-state index in [1.54, 1.807) is 0 Å². The second-order valence-electron chi connectivity index (χ2n) is 6.12. The highest BCUT2D eigenvalue weighted by molar-refractivity contribution is 5.57. The van der Waals surface area contributed by atoms with Crippen LogP contribution in [0.3, 0.4) is 0 Å². The first-order valence-corrected chi connectivity index (χ1v) is 7.51. The average Bonchev–Trinajstić information content (AvgIpc) is 2.47. The molecule has 2 aliphatic rings. The molecule has 106 valence electrons. The van der Waals surface area contributed by atoms with Crippen LogP contribution in [0.25, 0.3) is 0 Å². The molecule has 0 bridgehead atoms. The summed E-state index contributed by atoms with van der Waals surface area (Å²) in [6, 6.07) is 4.97. The highest BCUT2D eigenvalue weighted by atomic mass is 15.2. The van der Waals surface area contributed by atoms with Crippen molar-refractivity contribution in [1.82, 2.24) is 9.88 Å². The van der Waals surface area contributed by atoms with E-state index in [9.17, 15) is 5.26 Å². The fourth-order valence-electron chi connectivity index (χ4n) is 3.77. The number of aromatic nitrogens is 1. The zero-order valence-corrected chi connectivity index (χ0v) is 12.3. The summed E-state index contributed by atoms with van der Waals surface area (Å²) in [5.41, 5.74) is 1.77. The lowest BCUT2D eigenvalue weighted by atomic mass is 9.84. The third-order valence-corrected chi connectivity index (χ3v) is 4.90. The number of piperidine rings is 2. The third kappa shape index (κ3) is 2.27. The molecule has 3 heterocycles. The number of hydrogen-bond acceptors (Lipinski definition) is 4. The molecule has 2 saturated heterocycles. The molecule has 0 saturated carbocycles. The minimum Gasteiger partial charge on any atom is -0.355 e. The number of aryl methyl sites for hydroxylation is 1. The molecule has 0 spiro atoms.